The lowest BCUT2D eigenvalue weighted by Gasteiger charge is -2.30. The minimum Gasteiger partial charge on any atom is -0.477 e. The molecule has 0 radical (unpaired) electrons. The van der Waals surface area contributed by atoms with Gasteiger partial charge in [0.1, 0.15) is 5.56 Å². The molecule has 1 aliphatic rings. The summed E-state index contributed by atoms with van der Waals surface area (Å²) in [7, 11) is 0. The number of aryl methyl sites for hydroxylation is 1. The molecule has 0 unspecified atom stereocenters. The predicted molar refractivity (Wildman–Crippen MR) is 93.6 cm³/mol. The maximum atomic E-state index is 12.4. The minimum atomic E-state index is -1.19. The topological polar surface area (TPSA) is 74.6 Å². The lowest BCUT2D eigenvalue weighted by Crippen LogP contribution is -2.43. The first kappa shape index (κ1) is 16.0. The van der Waals surface area contributed by atoms with Gasteiger partial charge in [-0.15, -0.1) is 0 Å². The van der Waals surface area contributed by atoms with Gasteiger partial charge in [0.05, 0.1) is 11.2 Å². The van der Waals surface area contributed by atoms with Crippen LogP contribution in [0.4, 0.5) is 5.69 Å². The van der Waals surface area contributed by atoms with Crippen LogP contribution >= 0.6 is 15.9 Å². The van der Waals surface area contributed by atoms with E-state index in [1.54, 1.807) is 6.07 Å². The summed E-state index contributed by atoms with van der Waals surface area (Å²) >= 11 is 3.54. The van der Waals surface area contributed by atoms with Crippen molar-refractivity contribution >= 4 is 38.5 Å². The highest BCUT2D eigenvalue weighted by Crippen LogP contribution is 2.31. The molecule has 0 amide bonds. The van der Waals surface area contributed by atoms with E-state index in [2.05, 4.69) is 26.1 Å². The fourth-order valence-corrected chi connectivity index (χ4v) is 3.56. The number of benzene rings is 1. The van der Waals surface area contributed by atoms with Crippen molar-refractivity contribution < 1.29 is 9.90 Å². The van der Waals surface area contributed by atoms with Crippen LogP contribution in [0.2, 0.25) is 0 Å². The molecule has 122 valence electrons. The number of carbonyl (C=O) groups is 1. The molecule has 0 spiro atoms. The fraction of sp³-hybridized carbons (Fsp3) is 0.375. The zero-order chi connectivity index (χ0) is 16.6. The van der Waals surface area contributed by atoms with Crippen LogP contribution in [-0.2, 0) is 6.54 Å². The van der Waals surface area contributed by atoms with Gasteiger partial charge in [0.15, 0.2) is 0 Å². The molecule has 0 bridgehead atoms. The van der Waals surface area contributed by atoms with Crippen molar-refractivity contribution in [1.29, 1.82) is 0 Å². The van der Waals surface area contributed by atoms with Crippen LogP contribution in [0.3, 0.4) is 0 Å². The van der Waals surface area contributed by atoms with Crippen molar-refractivity contribution in [1.82, 2.24) is 9.88 Å². The number of anilines is 1. The Labute approximate surface area is 141 Å². The highest BCUT2D eigenvalue weighted by Gasteiger charge is 2.19. The summed E-state index contributed by atoms with van der Waals surface area (Å²) in [6.07, 6.45) is 1.43. The van der Waals surface area contributed by atoms with Gasteiger partial charge >= 0.3 is 5.97 Å². The number of pyridine rings is 1. The molecule has 2 aromatic rings. The van der Waals surface area contributed by atoms with E-state index in [1.165, 1.54) is 6.20 Å². The molecule has 1 fully saturated rings. The smallest absolute Gasteiger partial charge is 0.341 e. The van der Waals surface area contributed by atoms with Crippen molar-refractivity contribution in [3.8, 4) is 0 Å². The molecular formula is C16H18BrN3O3. The quantitative estimate of drug-likeness (QED) is 0.851. The van der Waals surface area contributed by atoms with Gasteiger partial charge in [-0.3, -0.25) is 4.79 Å². The van der Waals surface area contributed by atoms with Gasteiger partial charge in [0.2, 0.25) is 5.43 Å². The van der Waals surface area contributed by atoms with Crippen LogP contribution in [0.25, 0.3) is 10.9 Å². The highest BCUT2D eigenvalue weighted by atomic mass is 79.9. The van der Waals surface area contributed by atoms with E-state index in [0.717, 1.165) is 41.9 Å². The SMILES string of the molecule is CCn1cc(C(=O)O)c(=O)c2cc(Br)c(N3CCNCC3)cc21. The Kier molecular flexibility index (Phi) is 4.41. The highest BCUT2D eigenvalue weighted by molar-refractivity contribution is 9.10. The Bertz CT molecular complexity index is 825. The lowest BCUT2D eigenvalue weighted by molar-refractivity contribution is 0.0695. The Hall–Kier alpha value is -1.86. The molecule has 23 heavy (non-hydrogen) atoms. The van der Waals surface area contributed by atoms with Gasteiger partial charge in [0, 0.05) is 48.8 Å². The average Bonchev–Trinajstić information content (AvgIpc) is 2.55. The maximum Gasteiger partial charge on any atom is 0.341 e. The largest absolute Gasteiger partial charge is 0.477 e. The molecule has 2 heterocycles. The lowest BCUT2D eigenvalue weighted by atomic mass is 10.1. The minimum absolute atomic E-state index is 0.193. The van der Waals surface area contributed by atoms with Crippen molar-refractivity contribution in [2.45, 2.75) is 13.5 Å². The van der Waals surface area contributed by atoms with E-state index in [4.69, 9.17) is 0 Å². The molecule has 0 atom stereocenters. The van der Waals surface area contributed by atoms with Crippen LogP contribution in [0.5, 0.6) is 0 Å². The van der Waals surface area contributed by atoms with Crippen LogP contribution in [0, 0.1) is 0 Å². The summed E-state index contributed by atoms with van der Waals surface area (Å²) in [5, 5.41) is 13.0. The van der Waals surface area contributed by atoms with Crippen LogP contribution in [0.15, 0.2) is 27.6 Å². The van der Waals surface area contributed by atoms with E-state index >= 15 is 0 Å². The molecule has 1 aromatic heterocycles. The Morgan fingerprint density at radius 3 is 2.65 bits per heavy atom. The molecule has 0 aliphatic carbocycles. The number of rotatable bonds is 3. The molecule has 1 aromatic carbocycles. The zero-order valence-corrected chi connectivity index (χ0v) is 14.4. The zero-order valence-electron chi connectivity index (χ0n) is 12.8. The summed E-state index contributed by atoms with van der Waals surface area (Å²) in [6.45, 7) is 6.16. The molecule has 6 nitrogen and oxygen atoms in total. The van der Waals surface area contributed by atoms with E-state index in [1.807, 2.05) is 17.6 Å². The number of carboxylic acid groups (broad SMARTS) is 1. The number of carboxylic acids is 1. The number of nitrogens with one attached hydrogen (secondary N) is 1. The molecule has 1 saturated heterocycles. The van der Waals surface area contributed by atoms with Gasteiger partial charge < -0.3 is 19.9 Å². The third kappa shape index (κ3) is 2.86. The molecule has 2 N–H and O–H groups in total. The summed E-state index contributed by atoms with van der Waals surface area (Å²) in [4.78, 5) is 26.0. The van der Waals surface area contributed by atoms with Crippen LogP contribution in [0.1, 0.15) is 17.3 Å². The third-order valence-corrected chi connectivity index (χ3v) is 4.81. The van der Waals surface area contributed by atoms with E-state index < -0.39 is 11.4 Å². The van der Waals surface area contributed by atoms with Crippen LogP contribution in [-0.4, -0.2) is 41.8 Å². The Balaban J connectivity index is 2.24. The number of halogens is 1. The van der Waals surface area contributed by atoms with Gasteiger partial charge in [-0.05, 0) is 35.0 Å². The number of piperazine rings is 1. The Morgan fingerprint density at radius 1 is 1.35 bits per heavy atom. The fourth-order valence-electron chi connectivity index (χ4n) is 2.96. The third-order valence-electron chi connectivity index (χ3n) is 4.18. The molecule has 0 saturated carbocycles. The molecule has 1 aliphatic heterocycles. The van der Waals surface area contributed by atoms with Crippen LogP contribution < -0.4 is 15.6 Å². The number of fused-ring (bicyclic) bond motifs is 1. The van der Waals surface area contributed by atoms with Gasteiger partial charge in [-0.1, -0.05) is 0 Å². The van der Waals surface area contributed by atoms with Gasteiger partial charge in [-0.2, -0.15) is 0 Å². The predicted octanol–water partition coefficient (Wildman–Crippen LogP) is 1.89. The monoisotopic (exact) mass is 379 g/mol. The first-order valence-electron chi connectivity index (χ1n) is 7.58. The second-order valence-corrected chi connectivity index (χ2v) is 6.38. The summed E-state index contributed by atoms with van der Waals surface area (Å²) < 4.78 is 2.63. The standard InChI is InChI=1S/C16H18BrN3O3/c1-2-19-9-11(16(22)23)15(21)10-7-12(17)14(8-13(10)19)20-5-3-18-4-6-20/h7-9,18H,2-6H2,1H3,(H,22,23). The first-order chi connectivity index (χ1) is 11.0. The summed E-state index contributed by atoms with van der Waals surface area (Å²) in [6, 6.07) is 3.72. The average molecular weight is 380 g/mol. The number of hydrogen-bond donors (Lipinski definition) is 2. The second kappa shape index (κ2) is 6.33. The summed E-state index contributed by atoms with van der Waals surface area (Å²) in [5.74, 6) is -1.19. The molecule has 7 heteroatoms. The Morgan fingerprint density at radius 2 is 2.04 bits per heavy atom. The van der Waals surface area contributed by atoms with Crippen molar-refractivity contribution in [3.05, 3.63) is 38.6 Å². The van der Waals surface area contributed by atoms with Gasteiger partial charge in [-0.25, -0.2) is 4.79 Å². The van der Waals surface area contributed by atoms with E-state index in [-0.39, 0.29) is 5.56 Å². The normalized spacial score (nSPS) is 15.1. The number of hydrogen-bond acceptors (Lipinski definition) is 4. The molecule has 3 rings (SSSR count). The van der Waals surface area contributed by atoms with Gasteiger partial charge in [0.25, 0.3) is 0 Å². The van der Waals surface area contributed by atoms with Crippen molar-refractivity contribution in [2.24, 2.45) is 0 Å². The van der Waals surface area contributed by atoms with E-state index in [0.29, 0.717) is 11.9 Å². The van der Waals surface area contributed by atoms with Crippen molar-refractivity contribution in [2.75, 3.05) is 31.1 Å². The molecular weight excluding hydrogens is 362 g/mol. The number of nitrogens with zero attached hydrogens (tertiary/aromatic N) is 2. The van der Waals surface area contributed by atoms with Crippen molar-refractivity contribution in [3.63, 3.8) is 0 Å². The maximum absolute atomic E-state index is 12.4. The first-order valence-corrected chi connectivity index (χ1v) is 8.38. The summed E-state index contributed by atoms with van der Waals surface area (Å²) in [5.41, 5.74) is 1.16. The second-order valence-electron chi connectivity index (χ2n) is 5.52. The number of aromatic nitrogens is 1. The van der Waals surface area contributed by atoms with E-state index in [9.17, 15) is 14.7 Å². The number of aromatic carboxylic acids is 1.